The maximum atomic E-state index is 12.0. The van der Waals surface area contributed by atoms with Gasteiger partial charge in [-0.15, -0.1) is 0 Å². The van der Waals surface area contributed by atoms with Crippen molar-refractivity contribution < 1.29 is 33.3 Å². The molecule has 0 aliphatic heterocycles. The van der Waals surface area contributed by atoms with Crippen LogP contribution < -0.4 is 14.2 Å². The van der Waals surface area contributed by atoms with E-state index >= 15 is 0 Å². The summed E-state index contributed by atoms with van der Waals surface area (Å²) in [6.07, 6.45) is 1.63. The van der Waals surface area contributed by atoms with Crippen LogP contribution in [0.1, 0.15) is 10.4 Å². The summed E-state index contributed by atoms with van der Waals surface area (Å²) in [4.78, 5) is 16.4. The van der Waals surface area contributed by atoms with Crippen molar-refractivity contribution in [2.45, 2.75) is 0 Å². The van der Waals surface area contributed by atoms with Crippen molar-refractivity contribution in [1.82, 2.24) is 4.98 Å². The van der Waals surface area contributed by atoms with Crippen LogP contribution in [0.4, 0.5) is 0 Å². The molecule has 1 N–H and O–H groups in total. The molecule has 0 radical (unpaired) electrons. The Hall–Kier alpha value is -4.20. The first kappa shape index (κ1) is 21.0. The van der Waals surface area contributed by atoms with Gasteiger partial charge in [0.2, 0.25) is 5.75 Å². The quantitative estimate of drug-likeness (QED) is 0.436. The number of aromatic nitrogens is 1. The fourth-order valence-corrected chi connectivity index (χ4v) is 3.53. The third-order valence-corrected chi connectivity index (χ3v) is 5.01. The third-order valence-electron chi connectivity index (χ3n) is 5.01. The summed E-state index contributed by atoms with van der Waals surface area (Å²) in [7, 11) is 5.91. The Labute approximate surface area is 183 Å². The smallest absolute Gasteiger partial charge is 0.338 e. The number of pyridine rings is 1. The molecule has 0 spiro atoms. The van der Waals surface area contributed by atoms with E-state index < -0.39 is 5.97 Å². The molecule has 0 amide bonds. The summed E-state index contributed by atoms with van der Waals surface area (Å²) in [5.74, 6) is 1.38. The van der Waals surface area contributed by atoms with Gasteiger partial charge in [-0.25, -0.2) is 4.79 Å². The van der Waals surface area contributed by atoms with Crippen molar-refractivity contribution in [3.05, 3.63) is 54.2 Å². The van der Waals surface area contributed by atoms with Gasteiger partial charge in [0.1, 0.15) is 17.0 Å². The van der Waals surface area contributed by atoms with E-state index in [1.54, 1.807) is 56.8 Å². The number of nitrogens with zero attached hydrogens (tertiary/aromatic N) is 1. The van der Waals surface area contributed by atoms with Gasteiger partial charge in [0.15, 0.2) is 17.1 Å². The maximum absolute atomic E-state index is 12.0. The minimum Gasteiger partial charge on any atom is -0.508 e. The van der Waals surface area contributed by atoms with Gasteiger partial charge in [-0.1, -0.05) is 0 Å². The number of hydrogen-bond donors (Lipinski definition) is 1. The SMILES string of the molecule is COC(=O)c1cc(O)cc(-c2ccnc3cc(-c4cc(OC)c(OC)c(OC)c4)oc23)c1. The molecule has 8 heteroatoms. The lowest BCUT2D eigenvalue weighted by molar-refractivity contribution is 0.0600. The van der Waals surface area contributed by atoms with E-state index in [2.05, 4.69) is 4.98 Å². The van der Waals surface area contributed by atoms with Crippen molar-refractivity contribution in [3.63, 3.8) is 0 Å². The molecule has 2 aromatic heterocycles. The van der Waals surface area contributed by atoms with Gasteiger partial charge >= 0.3 is 5.97 Å². The third kappa shape index (κ3) is 3.66. The van der Waals surface area contributed by atoms with E-state index in [4.69, 9.17) is 23.4 Å². The molecule has 32 heavy (non-hydrogen) atoms. The molecule has 0 bridgehead atoms. The van der Waals surface area contributed by atoms with E-state index in [-0.39, 0.29) is 11.3 Å². The zero-order chi connectivity index (χ0) is 22.8. The number of phenolic OH excluding ortho intramolecular Hbond substituents is 1. The molecule has 2 heterocycles. The number of carbonyl (C=O) groups is 1. The van der Waals surface area contributed by atoms with Gasteiger partial charge in [0.25, 0.3) is 0 Å². The summed E-state index contributed by atoms with van der Waals surface area (Å²) < 4.78 is 27.2. The zero-order valence-electron chi connectivity index (χ0n) is 18.0. The number of benzene rings is 2. The normalized spacial score (nSPS) is 10.8. The summed E-state index contributed by atoms with van der Waals surface area (Å²) >= 11 is 0. The van der Waals surface area contributed by atoms with E-state index in [1.165, 1.54) is 20.3 Å². The number of esters is 1. The van der Waals surface area contributed by atoms with Crippen LogP contribution in [-0.2, 0) is 4.74 Å². The highest BCUT2D eigenvalue weighted by Crippen LogP contribution is 2.43. The molecular weight excluding hydrogens is 414 g/mol. The number of methoxy groups -OCH3 is 4. The predicted molar refractivity (Wildman–Crippen MR) is 118 cm³/mol. The predicted octanol–water partition coefficient (Wildman–Crippen LogP) is 4.68. The first-order chi connectivity index (χ1) is 15.5. The van der Waals surface area contributed by atoms with Crippen molar-refractivity contribution in [3.8, 4) is 45.4 Å². The first-order valence-electron chi connectivity index (χ1n) is 9.60. The largest absolute Gasteiger partial charge is 0.508 e. The second-order valence-electron chi connectivity index (χ2n) is 6.86. The second kappa shape index (κ2) is 8.50. The van der Waals surface area contributed by atoms with Crippen molar-refractivity contribution in [2.75, 3.05) is 28.4 Å². The molecule has 0 atom stereocenters. The van der Waals surface area contributed by atoms with Gasteiger partial charge in [-0.05, 0) is 42.0 Å². The van der Waals surface area contributed by atoms with Crippen LogP contribution in [0.2, 0.25) is 0 Å². The molecule has 0 aliphatic rings. The Morgan fingerprint density at radius 1 is 0.906 bits per heavy atom. The van der Waals surface area contributed by atoms with E-state index in [0.717, 1.165) is 0 Å². The van der Waals surface area contributed by atoms with Crippen molar-refractivity contribution in [1.29, 1.82) is 0 Å². The highest BCUT2D eigenvalue weighted by Gasteiger charge is 2.19. The monoisotopic (exact) mass is 435 g/mol. The average molecular weight is 435 g/mol. The lowest BCUT2D eigenvalue weighted by Crippen LogP contribution is -2.01. The molecule has 4 rings (SSSR count). The number of furan rings is 1. The lowest BCUT2D eigenvalue weighted by Gasteiger charge is -2.13. The van der Waals surface area contributed by atoms with Crippen molar-refractivity contribution >= 4 is 17.1 Å². The van der Waals surface area contributed by atoms with E-state index in [0.29, 0.717) is 50.8 Å². The Kier molecular flexibility index (Phi) is 5.59. The second-order valence-corrected chi connectivity index (χ2v) is 6.86. The van der Waals surface area contributed by atoms with Gasteiger partial charge in [0.05, 0.1) is 34.0 Å². The van der Waals surface area contributed by atoms with Crippen LogP contribution in [0.5, 0.6) is 23.0 Å². The molecule has 0 fully saturated rings. The fraction of sp³-hybridized carbons (Fsp3) is 0.167. The van der Waals surface area contributed by atoms with Crippen LogP contribution in [-0.4, -0.2) is 44.5 Å². The van der Waals surface area contributed by atoms with Crippen LogP contribution in [0, 0.1) is 0 Å². The first-order valence-corrected chi connectivity index (χ1v) is 9.60. The minimum absolute atomic E-state index is 0.0655. The number of hydrogen-bond acceptors (Lipinski definition) is 8. The Bertz CT molecular complexity index is 1280. The van der Waals surface area contributed by atoms with Crippen LogP contribution in [0.3, 0.4) is 0 Å². The highest BCUT2D eigenvalue weighted by atomic mass is 16.5. The molecule has 0 saturated carbocycles. The van der Waals surface area contributed by atoms with Crippen molar-refractivity contribution in [2.24, 2.45) is 0 Å². The molecule has 4 aromatic rings. The Balaban J connectivity index is 1.88. The maximum Gasteiger partial charge on any atom is 0.338 e. The highest BCUT2D eigenvalue weighted by molar-refractivity contribution is 5.96. The molecular formula is C24H21NO7. The standard InChI is InChI=1S/C24H21NO7/c1-28-20-10-14(11-21(29-2)23(20)30-3)19-12-18-22(32-19)17(5-6-25-18)13-7-15(24(27)31-4)9-16(26)8-13/h5-12,26H,1-4H3. The average Bonchev–Trinajstić information content (AvgIpc) is 3.26. The number of aromatic hydroxyl groups is 1. The van der Waals surface area contributed by atoms with E-state index in [9.17, 15) is 9.90 Å². The molecule has 2 aromatic carbocycles. The number of phenols is 1. The van der Waals surface area contributed by atoms with Gasteiger partial charge in [-0.2, -0.15) is 0 Å². The number of fused-ring (bicyclic) bond motifs is 1. The number of ether oxygens (including phenoxy) is 4. The van der Waals surface area contributed by atoms with E-state index in [1.807, 2.05) is 0 Å². The molecule has 0 saturated heterocycles. The Morgan fingerprint density at radius 3 is 2.25 bits per heavy atom. The van der Waals surface area contributed by atoms with Crippen LogP contribution in [0.15, 0.2) is 53.1 Å². The lowest BCUT2D eigenvalue weighted by atomic mass is 10.0. The fourth-order valence-electron chi connectivity index (χ4n) is 3.53. The molecule has 164 valence electrons. The molecule has 0 aliphatic carbocycles. The summed E-state index contributed by atoms with van der Waals surface area (Å²) in [6, 6.07) is 11.6. The Morgan fingerprint density at radius 2 is 1.62 bits per heavy atom. The summed E-state index contributed by atoms with van der Waals surface area (Å²) in [5, 5.41) is 10.1. The number of rotatable bonds is 6. The molecule has 8 nitrogen and oxygen atoms in total. The topological polar surface area (TPSA) is 100 Å². The molecule has 0 unspecified atom stereocenters. The summed E-state index contributed by atoms with van der Waals surface area (Å²) in [5.41, 5.74) is 3.28. The van der Waals surface area contributed by atoms with Gasteiger partial charge < -0.3 is 28.5 Å². The van der Waals surface area contributed by atoms with Crippen LogP contribution in [0.25, 0.3) is 33.6 Å². The van der Waals surface area contributed by atoms with Gasteiger partial charge in [-0.3, -0.25) is 4.98 Å². The minimum atomic E-state index is -0.551. The summed E-state index contributed by atoms with van der Waals surface area (Å²) in [6.45, 7) is 0. The number of carbonyl (C=O) groups excluding carboxylic acids is 1. The van der Waals surface area contributed by atoms with Crippen LogP contribution >= 0.6 is 0 Å². The zero-order valence-corrected chi connectivity index (χ0v) is 18.0. The van der Waals surface area contributed by atoms with Gasteiger partial charge in [0, 0.05) is 23.4 Å².